The molecule has 3 heteroatoms. The highest BCUT2D eigenvalue weighted by Crippen LogP contribution is 2.49. The quantitative estimate of drug-likeness (QED) is 0.172. The first-order chi connectivity index (χ1) is 27.3. The van der Waals surface area contributed by atoms with Gasteiger partial charge < -0.3 is 13.9 Å². The van der Waals surface area contributed by atoms with Crippen LogP contribution in [0.3, 0.4) is 0 Å². The second-order valence-electron chi connectivity index (χ2n) is 14.0. The molecule has 0 aliphatic heterocycles. The van der Waals surface area contributed by atoms with Crippen molar-refractivity contribution in [3.63, 3.8) is 0 Å². The predicted molar refractivity (Wildman–Crippen MR) is 231 cm³/mol. The molecule has 55 heavy (non-hydrogen) atoms. The van der Waals surface area contributed by atoms with E-state index in [1.165, 1.54) is 32.7 Å². The summed E-state index contributed by atoms with van der Waals surface area (Å²) in [4.78, 5) is 2.48. The van der Waals surface area contributed by atoms with Gasteiger partial charge in [0.25, 0.3) is 0 Å². The van der Waals surface area contributed by atoms with E-state index in [-0.39, 0.29) is 0 Å². The maximum Gasteiger partial charge on any atom is 0.143 e. The highest BCUT2D eigenvalue weighted by molar-refractivity contribution is 6.19. The number of hydrogen-bond acceptors (Lipinski definition) is 2. The fourth-order valence-corrected chi connectivity index (χ4v) is 8.61. The summed E-state index contributed by atoms with van der Waals surface area (Å²) in [5, 5.41) is 7.01. The summed E-state index contributed by atoms with van der Waals surface area (Å²) < 4.78 is 9.04. The van der Waals surface area contributed by atoms with Crippen LogP contribution in [-0.4, -0.2) is 4.57 Å². The third-order valence-electron chi connectivity index (χ3n) is 11.0. The molecular formula is C52H34N2O. The van der Waals surface area contributed by atoms with Crippen LogP contribution in [0.4, 0.5) is 17.1 Å². The SMILES string of the molecule is c1ccc(-c2ccc3ccccc3c2N(c2ccccc2)c2cccc3c2c2ccccc2n3-c2ccccc2-c2cccc3c2oc2ccccc23)cc1. The number of hydrogen-bond donors (Lipinski definition) is 0. The van der Waals surface area contributed by atoms with Gasteiger partial charge in [0.1, 0.15) is 11.2 Å². The minimum atomic E-state index is 0.897. The molecule has 0 aliphatic rings. The van der Waals surface area contributed by atoms with Crippen LogP contribution in [0.15, 0.2) is 211 Å². The third kappa shape index (κ3) is 4.91. The molecule has 0 radical (unpaired) electrons. The van der Waals surface area contributed by atoms with Gasteiger partial charge in [0.2, 0.25) is 0 Å². The Morgan fingerprint density at radius 1 is 0.400 bits per heavy atom. The van der Waals surface area contributed by atoms with E-state index >= 15 is 0 Å². The molecule has 11 aromatic rings. The van der Waals surface area contributed by atoms with Crippen molar-refractivity contribution in [2.45, 2.75) is 0 Å². The standard InChI is InChI=1S/C52H34N2O/c1-3-17-35(18-4-1)39-34-33-36-19-7-8-22-38(36)51(39)53(37-20-5-2-6-21-37)47-30-16-31-48-50(47)44-25-10-13-29-46(44)54(48)45-28-12-9-23-40(45)42-26-15-27-43-41-24-11-14-32-49(41)55-52(42)43/h1-34H. The van der Waals surface area contributed by atoms with Crippen LogP contribution >= 0.6 is 0 Å². The average Bonchev–Trinajstić information content (AvgIpc) is 3.81. The van der Waals surface area contributed by atoms with Crippen molar-refractivity contribution in [3.8, 4) is 27.9 Å². The second-order valence-corrected chi connectivity index (χ2v) is 14.0. The Bertz CT molecular complexity index is 3210. The van der Waals surface area contributed by atoms with Gasteiger partial charge in [-0.2, -0.15) is 0 Å². The summed E-state index contributed by atoms with van der Waals surface area (Å²) in [6.07, 6.45) is 0. The number of furan rings is 1. The molecule has 3 nitrogen and oxygen atoms in total. The zero-order valence-electron chi connectivity index (χ0n) is 29.9. The van der Waals surface area contributed by atoms with Gasteiger partial charge in [-0.3, -0.25) is 0 Å². The summed E-state index contributed by atoms with van der Waals surface area (Å²) >= 11 is 0. The van der Waals surface area contributed by atoms with Crippen LogP contribution in [-0.2, 0) is 0 Å². The summed E-state index contributed by atoms with van der Waals surface area (Å²) in [6.45, 7) is 0. The van der Waals surface area contributed by atoms with Crippen molar-refractivity contribution in [1.82, 2.24) is 4.57 Å². The van der Waals surface area contributed by atoms with Gasteiger partial charge in [0.15, 0.2) is 0 Å². The molecule has 2 heterocycles. The van der Waals surface area contributed by atoms with Crippen LogP contribution in [0.2, 0.25) is 0 Å². The van der Waals surface area contributed by atoms with Gasteiger partial charge >= 0.3 is 0 Å². The number of anilines is 3. The lowest BCUT2D eigenvalue weighted by molar-refractivity contribution is 0.670. The first-order valence-electron chi connectivity index (χ1n) is 18.8. The first kappa shape index (κ1) is 31.2. The molecule has 0 bridgehead atoms. The van der Waals surface area contributed by atoms with Crippen molar-refractivity contribution in [1.29, 1.82) is 0 Å². The van der Waals surface area contributed by atoms with Gasteiger partial charge in [-0.25, -0.2) is 0 Å². The van der Waals surface area contributed by atoms with E-state index < -0.39 is 0 Å². The van der Waals surface area contributed by atoms with Crippen molar-refractivity contribution < 1.29 is 4.42 Å². The molecule has 2 aromatic heterocycles. The van der Waals surface area contributed by atoms with Crippen LogP contribution in [0, 0.1) is 0 Å². The smallest absolute Gasteiger partial charge is 0.143 e. The van der Waals surface area contributed by atoms with Crippen molar-refractivity contribution in [2.75, 3.05) is 4.90 Å². The minimum absolute atomic E-state index is 0.897. The second kappa shape index (κ2) is 12.6. The number of fused-ring (bicyclic) bond motifs is 7. The third-order valence-corrected chi connectivity index (χ3v) is 11.0. The lowest BCUT2D eigenvalue weighted by Gasteiger charge is -2.30. The van der Waals surface area contributed by atoms with E-state index in [1.54, 1.807) is 0 Å². The molecule has 0 unspecified atom stereocenters. The van der Waals surface area contributed by atoms with Crippen molar-refractivity contribution in [3.05, 3.63) is 206 Å². The first-order valence-corrected chi connectivity index (χ1v) is 18.8. The molecule has 0 spiro atoms. The Morgan fingerprint density at radius 3 is 1.91 bits per heavy atom. The fourth-order valence-electron chi connectivity index (χ4n) is 8.61. The molecule has 11 rings (SSSR count). The van der Waals surface area contributed by atoms with Crippen molar-refractivity contribution in [2.24, 2.45) is 0 Å². The fraction of sp³-hybridized carbons (Fsp3) is 0. The number of benzene rings is 9. The van der Waals surface area contributed by atoms with Crippen LogP contribution < -0.4 is 4.90 Å². The summed E-state index contributed by atoms with van der Waals surface area (Å²) in [6, 6.07) is 73.9. The van der Waals surface area contributed by atoms with Gasteiger partial charge in [0, 0.05) is 49.3 Å². The molecule has 9 aromatic carbocycles. The lowest BCUT2D eigenvalue weighted by atomic mass is 9.96. The number of rotatable bonds is 6. The van der Waals surface area contributed by atoms with Crippen LogP contribution in [0.25, 0.3) is 82.5 Å². The molecule has 0 saturated carbocycles. The Balaban J connectivity index is 1.23. The summed E-state index contributed by atoms with van der Waals surface area (Å²) in [5.41, 5.74) is 13.1. The highest BCUT2D eigenvalue weighted by atomic mass is 16.3. The summed E-state index contributed by atoms with van der Waals surface area (Å²) in [7, 11) is 0. The van der Waals surface area contributed by atoms with E-state index in [0.29, 0.717) is 0 Å². The lowest BCUT2D eigenvalue weighted by Crippen LogP contribution is -2.12. The van der Waals surface area contributed by atoms with Gasteiger partial charge in [-0.15, -0.1) is 0 Å². The predicted octanol–water partition coefficient (Wildman–Crippen LogP) is 14.6. The van der Waals surface area contributed by atoms with E-state index in [1.807, 2.05) is 6.07 Å². The van der Waals surface area contributed by atoms with Crippen molar-refractivity contribution >= 4 is 71.6 Å². The molecule has 0 aliphatic carbocycles. The monoisotopic (exact) mass is 702 g/mol. The number of nitrogens with zero attached hydrogens (tertiary/aromatic N) is 2. The average molecular weight is 703 g/mol. The van der Waals surface area contributed by atoms with Crippen LogP contribution in [0.1, 0.15) is 0 Å². The Hall–Kier alpha value is -7.36. The molecule has 0 atom stereocenters. The normalized spacial score (nSPS) is 11.6. The largest absolute Gasteiger partial charge is 0.455 e. The van der Waals surface area contributed by atoms with E-state index in [9.17, 15) is 0 Å². The number of para-hydroxylation sites is 5. The maximum atomic E-state index is 6.60. The highest BCUT2D eigenvalue weighted by Gasteiger charge is 2.25. The number of aromatic nitrogens is 1. The zero-order chi connectivity index (χ0) is 36.3. The molecular weight excluding hydrogens is 669 g/mol. The minimum Gasteiger partial charge on any atom is -0.455 e. The Morgan fingerprint density at radius 2 is 1.04 bits per heavy atom. The van der Waals surface area contributed by atoms with E-state index in [4.69, 9.17) is 4.42 Å². The Labute approximate surface area is 318 Å². The van der Waals surface area contributed by atoms with Gasteiger partial charge in [-0.1, -0.05) is 164 Å². The molecule has 0 saturated heterocycles. The molecule has 0 N–H and O–H groups in total. The molecule has 0 fully saturated rings. The Kier molecular flexibility index (Phi) is 7.17. The molecule has 258 valence electrons. The van der Waals surface area contributed by atoms with Gasteiger partial charge in [-0.05, 0) is 53.4 Å². The van der Waals surface area contributed by atoms with E-state index in [2.05, 4.69) is 210 Å². The van der Waals surface area contributed by atoms with Crippen LogP contribution in [0.5, 0.6) is 0 Å². The van der Waals surface area contributed by atoms with E-state index in [0.717, 1.165) is 66.8 Å². The van der Waals surface area contributed by atoms with Gasteiger partial charge in [0.05, 0.1) is 28.1 Å². The molecule has 0 amide bonds. The summed E-state index contributed by atoms with van der Waals surface area (Å²) in [5.74, 6) is 0. The topological polar surface area (TPSA) is 21.3 Å². The zero-order valence-corrected chi connectivity index (χ0v) is 29.9. The maximum absolute atomic E-state index is 6.60.